The van der Waals surface area contributed by atoms with Crippen molar-refractivity contribution in [2.24, 2.45) is 4.99 Å². The summed E-state index contributed by atoms with van der Waals surface area (Å²) in [6.45, 7) is 11.6. The molecule has 0 unspecified atom stereocenters. The van der Waals surface area contributed by atoms with E-state index >= 15 is 0 Å². The average molecular weight is 1050 g/mol. The first-order valence-electron chi connectivity index (χ1n) is 29.5. The number of quaternary nitrogens is 1. The minimum atomic E-state index is -0.0583. The predicted octanol–water partition coefficient (Wildman–Crippen LogP) is 12.8. The van der Waals surface area contributed by atoms with Crippen LogP contribution in [-0.2, 0) is 0 Å². The molecule has 0 saturated heterocycles. The second-order valence-corrected chi connectivity index (χ2v) is 22.6. The number of fused-ring (bicyclic) bond motifs is 2. The lowest BCUT2D eigenvalue weighted by Gasteiger charge is -2.21. The van der Waals surface area contributed by atoms with Gasteiger partial charge >= 0.3 is 0 Å². The number of carbonyl (C=O) groups excluding carboxylic acids is 2. The topological polar surface area (TPSA) is 180 Å². The van der Waals surface area contributed by atoms with Gasteiger partial charge in [-0.25, -0.2) is 9.98 Å². The highest BCUT2D eigenvalue weighted by Crippen LogP contribution is 2.33. The zero-order valence-corrected chi connectivity index (χ0v) is 47.0. The maximum Gasteiger partial charge on any atom is 0.251 e. The standard InChI is InChI=1S/C66H84N10O2/c1-44-38-59(60(41-55(44)67)73-52-19-11-9-12-20-52)74-53-31-32-57(46(3)37-53)69-33-15-5-7-17-35-71-65(77)50-27-23-48(24-28-50)49-25-29-51(30-26-49)66(78)72-36-18-8-6-16-34-70-58-43-64-62(40-47(58)4)75-61-39-45(2)56(68)42-63(61)76(64)54-21-13-10-14-22-54/h23-30,32,37-43,52,54,69,73H,5-22,31,33-36,67H2,1-4H3,(H4,68,70,71,72,77,78)/p+2. The van der Waals surface area contributed by atoms with Gasteiger partial charge in [-0.3, -0.25) is 9.59 Å². The third kappa shape index (κ3) is 14.5. The Labute approximate surface area is 463 Å². The molecule has 0 bridgehead atoms. The second kappa shape index (κ2) is 27.0. The first-order chi connectivity index (χ1) is 38.0. The predicted molar refractivity (Wildman–Crippen MR) is 323 cm³/mol. The molecule has 2 saturated carbocycles. The zero-order chi connectivity index (χ0) is 54.4. The van der Waals surface area contributed by atoms with E-state index in [9.17, 15) is 9.59 Å². The van der Waals surface area contributed by atoms with Gasteiger partial charge in [-0.1, -0.05) is 68.9 Å². The average Bonchev–Trinajstić information content (AvgIpc) is 3.60. The quantitative estimate of drug-likeness (QED) is 0.0144. The van der Waals surface area contributed by atoms with Crippen LogP contribution in [0.3, 0.4) is 0 Å². The van der Waals surface area contributed by atoms with Crippen LogP contribution in [0.15, 0.2) is 113 Å². The Morgan fingerprint density at radius 1 is 0.603 bits per heavy atom. The summed E-state index contributed by atoms with van der Waals surface area (Å²) in [6.07, 6.45) is 26.2. The molecule has 410 valence electrons. The number of aliphatic imine (C=N–C) groups is 1. The van der Waals surface area contributed by atoms with E-state index in [4.69, 9.17) is 21.4 Å². The normalized spacial score (nSPS) is 15.8. The Bertz CT molecular complexity index is 3150. The van der Waals surface area contributed by atoms with Crippen LogP contribution in [0.4, 0.5) is 28.4 Å². The summed E-state index contributed by atoms with van der Waals surface area (Å²) in [6, 6.07) is 29.5. The number of hydrogen-bond acceptors (Lipinski definition) is 8. The molecular formula is C66H86N10O2+2. The number of nitrogens with zero attached hydrogens (tertiary/aromatic N) is 3. The number of nitrogens with two attached hydrogens (primary N) is 3. The smallest absolute Gasteiger partial charge is 0.251 e. The van der Waals surface area contributed by atoms with E-state index in [1.54, 1.807) is 0 Å². The van der Waals surface area contributed by atoms with Gasteiger partial charge in [-0.15, -0.1) is 0 Å². The number of rotatable bonds is 23. The Kier molecular flexibility index (Phi) is 19.3. The summed E-state index contributed by atoms with van der Waals surface area (Å²) < 4.78 is 2.53. The highest BCUT2D eigenvalue weighted by molar-refractivity contribution is 6.00. The van der Waals surface area contributed by atoms with Gasteiger partial charge in [0.2, 0.25) is 11.0 Å². The highest BCUT2D eigenvalue weighted by atomic mass is 16.2. The molecule has 0 aliphatic heterocycles. The van der Waals surface area contributed by atoms with E-state index in [-0.39, 0.29) is 11.8 Å². The van der Waals surface area contributed by atoms with Crippen LogP contribution in [-0.4, -0.2) is 54.7 Å². The Hall–Kier alpha value is -7.05. The van der Waals surface area contributed by atoms with Crippen LogP contribution in [0, 0.1) is 20.8 Å². The lowest BCUT2D eigenvalue weighted by atomic mass is 9.94. The second-order valence-electron chi connectivity index (χ2n) is 22.6. The van der Waals surface area contributed by atoms with Gasteiger partial charge in [0.1, 0.15) is 16.7 Å². The fraction of sp³-hybridized carbons (Fsp3) is 0.439. The van der Waals surface area contributed by atoms with Gasteiger partial charge in [-0.05, 0) is 174 Å². The lowest BCUT2D eigenvalue weighted by Crippen LogP contribution is -2.84. The van der Waals surface area contributed by atoms with Gasteiger partial charge in [0.25, 0.3) is 11.8 Å². The van der Waals surface area contributed by atoms with E-state index in [0.717, 1.165) is 144 Å². The fourth-order valence-electron chi connectivity index (χ4n) is 11.7. The van der Waals surface area contributed by atoms with Crippen molar-refractivity contribution in [2.75, 3.05) is 43.0 Å². The molecule has 0 radical (unpaired) electrons. The summed E-state index contributed by atoms with van der Waals surface area (Å²) in [5, 5.41) is 16.0. The van der Waals surface area contributed by atoms with Crippen molar-refractivity contribution in [2.45, 2.75) is 162 Å². The zero-order valence-electron chi connectivity index (χ0n) is 47.0. The van der Waals surface area contributed by atoms with Gasteiger partial charge in [0, 0.05) is 103 Å². The molecule has 0 spiro atoms. The number of nitrogen functional groups attached to an aromatic ring is 2. The van der Waals surface area contributed by atoms with E-state index in [1.807, 2.05) is 48.5 Å². The molecule has 3 aliphatic rings. The SMILES string of the molecule is CC1=CC(=Nc2cc(C)c(N)cc2[NH2+]C2CCCCC2)CC=C1NCCCCCCNC(=O)c1ccc(-c2ccc(C(=O)NCCCCCCNc3cc4c(cc3C)nc3cc(C)c(N)cc3[n+]4C3CCCCC3)cc2)cc1. The minimum absolute atomic E-state index is 0.0569. The largest absolute Gasteiger partial charge is 0.398 e. The number of hydrogen-bond donors (Lipinski definition) is 7. The van der Waals surface area contributed by atoms with Gasteiger partial charge < -0.3 is 38.1 Å². The number of aromatic nitrogens is 2. The van der Waals surface area contributed by atoms with Crippen molar-refractivity contribution in [1.29, 1.82) is 0 Å². The van der Waals surface area contributed by atoms with Crippen LogP contribution < -0.4 is 42.6 Å². The summed E-state index contributed by atoms with van der Waals surface area (Å²) in [5.74, 6) is -0.115. The minimum Gasteiger partial charge on any atom is -0.398 e. The van der Waals surface area contributed by atoms with E-state index < -0.39 is 0 Å². The number of carbonyl (C=O) groups is 2. The summed E-state index contributed by atoms with van der Waals surface area (Å²) in [7, 11) is 0. The molecule has 5 aromatic carbocycles. The maximum atomic E-state index is 13.0. The molecule has 2 amide bonds. The molecule has 12 heteroatoms. The van der Waals surface area contributed by atoms with Crippen molar-refractivity contribution in [3.63, 3.8) is 0 Å². The maximum absolute atomic E-state index is 13.0. The monoisotopic (exact) mass is 1050 g/mol. The van der Waals surface area contributed by atoms with Crippen molar-refractivity contribution < 1.29 is 19.5 Å². The summed E-state index contributed by atoms with van der Waals surface area (Å²) in [4.78, 5) is 36.3. The number of allylic oxidation sites excluding steroid dienone is 3. The van der Waals surface area contributed by atoms with Gasteiger partial charge in [0.15, 0.2) is 11.7 Å². The summed E-state index contributed by atoms with van der Waals surface area (Å²) >= 11 is 0. The molecule has 78 heavy (non-hydrogen) atoms. The molecule has 9 rings (SSSR count). The molecule has 6 aromatic rings. The summed E-state index contributed by atoms with van der Waals surface area (Å²) in [5.41, 5.74) is 32.3. The lowest BCUT2D eigenvalue weighted by molar-refractivity contribution is -0.677. The Morgan fingerprint density at radius 3 is 1.73 bits per heavy atom. The Balaban J connectivity index is 0.634. The molecule has 2 fully saturated rings. The molecule has 12 nitrogen and oxygen atoms in total. The molecule has 3 aliphatic carbocycles. The Morgan fingerprint density at radius 2 is 1.13 bits per heavy atom. The van der Waals surface area contributed by atoms with Crippen molar-refractivity contribution in [3.05, 3.63) is 136 Å². The van der Waals surface area contributed by atoms with E-state index in [2.05, 4.69) is 107 Å². The third-order valence-electron chi connectivity index (χ3n) is 16.5. The highest BCUT2D eigenvalue weighted by Gasteiger charge is 2.29. The number of amides is 2. The van der Waals surface area contributed by atoms with Crippen LogP contribution in [0.2, 0.25) is 0 Å². The van der Waals surface area contributed by atoms with E-state index in [1.165, 1.54) is 86.6 Å². The van der Waals surface area contributed by atoms with Crippen LogP contribution in [0.5, 0.6) is 0 Å². The molecule has 0 atom stereocenters. The van der Waals surface area contributed by atoms with Gasteiger partial charge in [-0.2, -0.15) is 4.57 Å². The first-order valence-corrected chi connectivity index (χ1v) is 29.5. The molecule has 10 N–H and O–H groups in total. The van der Waals surface area contributed by atoms with Crippen LogP contribution in [0.25, 0.3) is 33.2 Å². The van der Waals surface area contributed by atoms with Crippen LogP contribution >= 0.6 is 0 Å². The number of nitrogens with one attached hydrogen (secondary N) is 4. The number of anilines is 3. The van der Waals surface area contributed by atoms with Crippen molar-refractivity contribution in [1.82, 2.24) is 20.9 Å². The number of aryl methyl sites for hydroxylation is 3. The molecule has 1 heterocycles. The van der Waals surface area contributed by atoms with Gasteiger partial charge in [0.05, 0.1) is 6.04 Å². The van der Waals surface area contributed by atoms with Crippen LogP contribution in [0.1, 0.15) is 172 Å². The first kappa shape index (κ1) is 55.7. The molecule has 1 aromatic heterocycles. The van der Waals surface area contributed by atoms with Crippen molar-refractivity contribution >= 4 is 68.0 Å². The number of unbranched alkanes of at least 4 members (excludes halogenated alkanes) is 6. The van der Waals surface area contributed by atoms with Crippen molar-refractivity contribution in [3.8, 4) is 11.1 Å². The third-order valence-corrected chi connectivity index (χ3v) is 16.5. The fourth-order valence-corrected chi connectivity index (χ4v) is 11.7. The number of benzene rings is 5. The van der Waals surface area contributed by atoms with E-state index in [0.29, 0.717) is 36.3 Å². The molecular weight excluding hydrogens is 965 g/mol.